The van der Waals surface area contributed by atoms with E-state index >= 15 is 0 Å². The lowest BCUT2D eigenvalue weighted by atomic mass is 10.2. The van der Waals surface area contributed by atoms with E-state index in [4.69, 9.17) is 9.47 Å². The smallest absolute Gasteiger partial charge is 0.251 e. The number of aromatic nitrogens is 1. The lowest BCUT2D eigenvalue weighted by Gasteiger charge is -2.07. The van der Waals surface area contributed by atoms with Gasteiger partial charge in [0.15, 0.2) is 0 Å². The van der Waals surface area contributed by atoms with Crippen molar-refractivity contribution in [1.29, 1.82) is 0 Å². The molecule has 1 amide bonds. The number of thiazole rings is 1. The maximum Gasteiger partial charge on any atom is 0.251 e. The third kappa shape index (κ3) is 5.33. The average molecular weight is 397 g/mol. The zero-order valence-corrected chi connectivity index (χ0v) is 16.9. The number of hydrogen-bond acceptors (Lipinski definition) is 5. The van der Waals surface area contributed by atoms with Crippen molar-refractivity contribution in [2.75, 3.05) is 13.7 Å². The predicted octanol–water partition coefficient (Wildman–Crippen LogP) is 4.93. The summed E-state index contributed by atoms with van der Waals surface area (Å²) in [4.78, 5) is 16.9. The van der Waals surface area contributed by atoms with Crippen molar-refractivity contribution >= 4 is 17.2 Å². The summed E-state index contributed by atoms with van der Waals surface area (Å²) >= 11 is 1.56. The van der Waals surface area contributed by atoms with Crippen LogP contribution in [0.15, 0.2) is 53.9 Å². The van der Waals surface area contributed by atoms with Crippen LogP contribution in [0.4, 0.5) is 0 Å². The molecule has 5 nitrogen and oxygen atoms in total. The molecule has 1 aromatic heterocycles. The maximum absolute atomic E-state index is 12.3. The highest BCUT2D eigenvalue weighted by Crippen LogP contribution is 2.25. The topological polar surface area (TPSA) is 60.5 Å². The molecule has 1 N–H and O–H groups in total. The van der Waals surface area contributed by atoms with E-state index < -0.39 is 0 Å². The number of ether oxygens (including phenoxy) is 2. The Morgan fingerprint density at radius 2 is 1.79 bits per heavy atom. The van der Waals surface area contributed by atoms with E-state index in [1.54, 1.807) is 30.6 Å². The highest BCUT2D eigenvalue weighted by atomic mass is 32.1. The maximum atomic E-state index is 12.3. The molecule has 3 aromatic rings. The predicted molar refractivity (Wildman–Crippen MR) is 112 cm³/mol. The molecule has 0 radical (unpaired) electrons. The molecule has 0 unspecified atom stereocenters. The highest BCUT2D eigenvalue weighted by Gasteiger charge is 2.09. The number of rotatable bonds is 9. The summed E-state index contributed by atoms with van der Waals surface area (Å²) in [7, 11) is 1.65. The van der Waals surface area contributed by atoms with Crippen molar-refractivity contribution in [1.82, 2.24) is 10.3 Å². The van der Waals surface area contributed by atoms with Crippen molar-refractivity contribution in [2.24, 2.45) is 0 Å². The third-order valence-corrected chi connectivity index (χ3v) is 5.14. The van der Waals surface area contributed by atoms with Gasteiger partial charge in [0.05, 0.1) is 26.0 Å². The number of carbonyl (C=O) groups is 1. The Morgan fingerprint density at radius 3 is 2.46 bits per heavy atom. The van der Waals surface area contributed by atoms with E-state index in [-0.39, 0.29) is 5.91 Å². The van der Waals surface area contributed by atoms with Crippen molar-refractivity contribution < 1.29 is 14.3 Å². The van der Waals surface area contributed by atoms with Crippen LogP contribution in [-0.2, 0) is 6.54 Å². The van der Waals surface area contributed by atoms with Gasteiger partial charge in [-0.1, -0.05) is 13.3 Å². The van der Waals surface area contributed by atoms with E-state index in [1.165, 1.54) is 0 Å². The minimum Gasteiger partial charge on any atom is -0.497 e. The molecule has 28 heavy (non-hydrogen) atoms. The molecule has 0 bridgehead atoms. The molecule has 2 aromatic carbocycles. The van der Waals surface area contributed by atoms with E-state index in [9.17, 15) is 4.79 Å². The molecule has 0 aliphatic carbocycles. The first-order chi connectivity index (χ1) is 13.7. The van der Waals surface area contributed by atoms with Crippen molar-refractivity contribution in [3.8, 4) is 22.1 Å². The zero-order valence-electron chi connectivity index (χ0n) is 16.1. The van der Waals surface area contributed by atoms with Crippen LogP contribution in [-0.4, -0.2) is 24.6 Å². The van der Waals surface area contributed by atoms with Gasteiger partial charge in [-0.05, 0) is 55.0 Å². The Hall–Kier alpha value is -2.86. The number of benzene rings is 2. The molecule has 0 fully saturated rings. The van der Waals surface area contributed by atoms with Crippen LogP contribution in [0.1, 0.15) is 35.8 Å². The summed E-state index contributed by atoms with van der Waals surface area (Å²) in [6.07, 6.45) is 2.12. The van der Waals surface area contributed by atoms with Gasteiger partial charge in [-0.25, -0.2) is 4.98 Å². The molecule has 0 atom stereocenters. The van der Waals surface area contributed by atoms with Crippen LogP contribution in [0.3, 0.4) is 0 Å². The first kappa shape index (κ1) is 19.9. The van der Waals surface area contributed by atoms with Crippen molar-refractivity contribution in [2.45, 2.75) is 26.3 Å². The molecule has 0 spiro atoms. The number of nitrogens with zero attached hydrogens (tertiary/aromatic N) is 1. The fraction of sp³-hybridized carbons (Fsp3) is 0.273. The molecular weight excluding hydrogens is 372 g/mol. The minimum absolute atomic E-state index is 0.126. The largest absolute Gasteiger partial charge is 0.497 e. The first-order valence-corrected chi connectivity index (χ1v) is 10.2. The first-order valence-electron chi connectivity index (χ1n) is 9.29. The molecule has 0 aliphatic rings. The second-order valence-corrected chi connectivity index (χ2v) is 7.14. The second-order valence-electron chi connectivity index (χ2n) is 6.28. The lowest BCUT2D eigenvalue weighted by molar-refractivity contribution is 0.0950. The molecule has 3 rings (SSSR count). The molecular formula is C22H24N2O3S. The number of unbranched alkanes of at least 4 members (excludes halogenated alkanes) is 1. The SMILES string of the molecule is CCCCOc1ccc(C(=O)NCc2csc(-c3ccc(OC)cc3)n2)cc1. The summed E-state index contributed by atoms with van der Waals surface area (Å²) in [5.74, 6) is 1.47. The Balaban J connectivity index is 1.53. The number of amides is 1. The Morgan fingerprint density at radius 1 is 1.07 bits per heavy atom. The molecule has 6 heteroatoms. The van der Waals surface area contributed by atoms with Crippen molar-refractivity contribution in [3.05, 3.63) is 65.2 Å². The van der Waals surface area contributed by atoms with E-state index in [0.29, 0.717) is 18.7 Å². The van der Waals surface area contributed by atoms with Gasteiger partial charge in [0.25, 0.3) is 5.91 Å². The highest BCUT2D eigenvalue weighted by molar-refractivity contribution is 7.13. The van der Waals surface area contributed by atoms with Gasteiger partial charge in [-0.15, -0.1) is 11.3 Å². The minimum atomic E-state index is -0.126. The third-order valence-electron chi connectivity index (χ3n) is 4.20. The molecule has 0 saturated carbocycles. The van der Waals surface area contributed by atoms with Gasteiger partial charge in [-0.2, -0.15) is 0 Å². The van der Waals surface area contributed by atoms with Crippen LogP contribution in [0, 0.1) is 0 Å². The van der Waals surface area contributed by atoms with E-state index in [1.807, 2.05) is 41.8 Å². The summed E-state index contributed by atoms with van der Waals surface area (Å²) in [6, 6.07) is 15.0. The normalized spacial score (nSPS) is 10.5. The number of methoxy groups -OCH3 is 1. The fourth-order valence-corrected chi connectivity index (χ4v) is 3.39. The number of nitrogens with one attached hydrogen (secondary N) is 1. The van der Waals surface area contributed by atoms with Crippen LogP contribution in [0.2, 0.25) is 0 Å². The quantitative estimate of drug-likeness (QED) is 0.521. The van der Waals surface area contributed by atoms with Gasteiger partial charge in [0.2, 0.25) is 0 Å². The molecule has 146 valence electrons. The van der Waals surface area contributed by atoms with Crippen LogP contribution in [0.25, 0.3) is 10.6 Å². The van der Waals surface area contributed by atoms with Crippen LogP contribution in [0.5, 0.6) is 11.5 Å². The second kappa shape index (κ2) is 9.90. The Labute approximate surface area is 169 Å². The average Bonchev–Trinajstić information content (AvgIpc) is 3.22. The number of hydrogen-bond donors (Lipinski definition) is 1. The van der Waals surface area contributed by atoms with Crippen molar-refractivity contribution in [3.63, 3.8) is 0 Å². The summed E-state index contributed by atoms with van der Waals surface area (Å²) in [5, 5.41) is 5.79. The van der Waals surface area contributed by atoms with Gasteiger partial charge < -0.3 is 14.8 Å². The van der Waals surface area contributed by atoms with E-state index in [0.717, 1.165) is 40.6 Å². The standard InChI is InChI=1S/C22H24N2O3S/c1-3-4-13-27-20-11-5-16(6-12-20)21(25)23-14-18-15-28-22(24-18)17-7-9-19(26-2)10-8-17/h5-12,15H,3-4,13-14H2,1-2H3,(H,23,25). The summed E-state index contributed by atoms with van der Waals surface area (Å²) in [5.41, 5.74) is 2.47. The Kier molecular flexibility index (Phi) is 7.03. The fourth-order valence-electron chi connectivity index (χ4n) is 2.56. The van der Waals surface area contributed by atoms with Gasteiger partial charge in [0.1, 0.15) is 16.5 Å². The van der Waals surface area contributed by atoms with E-state index in [2.05, 4.69) is 17.2 Å². The zero-order chi connectivity index (χ0) is 19.8. The van der Waals surface area contributed by atoms with Gasteiger partial charge in [0, 0.05) is 16.5 Å². The molecule has 0 saturated heterocycles. The van der Waals surface area contributed by atoms with Gasteiger partial charge >= 0.3 is 0 Å². The monoisotopic (exact) mass is 396 g/mol. The summed E-state index contributed by atoms with van der Waals surface area (Å²) < 4.78 is 10.8. The van der Waals surface area contributed by atoms with Crippen LogP contribution >= 0.6 is 11.3 Å². The molecule has 0 aliphatic heterocycles. The van der Waals surface area contributed by atoms with Gasteiger partial charge in [-0.3, -0.25) is 4.79 Å². The van der Waals surface area contributed by atoms with Crippen LogP contribution < -0.4 is 14.8 Å². The number of carbonyl (C=O) groups excluding carboxylic acids is 1. The Bertz CT molecular complexity index is 889. The molecule has 1 heterocycles. The lowest BCUT2D eigenvalue weighted by Crippen LogP contribution is -2.22. The summed E-state index contributed by atoms with van der Waals surface area (Å²) in [6.45, 7) is 3.21.